The Kier molecular flexibility index (Phi) is 9.08. The molecule has 0 spiro atoms. The number of piperazine rings is 1. The van der Waals surface area contributed by atoms with Crippen molar-refractivity contribution in [2.45, 2.75) is 26.3 Å². The minimum Gasteiger partial charge on any atom is -0.357 e. The molecule has 6 heteroatoms. The van der Waals surface area contributed by atoms with Crippen molar-refractivity contribution in [2.75, 3.05) is 52.9 Å². The van der Waals surface area contributed by atoms with Crippen LogP contribution in [-0.4, -0.2) is 68.6 Å². The van der Waals surface area contributed by atoms with Crippen LogP contribution in [0.3, 0.4) is 0 Å². The van der Waals surface area contributed by atoms with E-state index in [9.17, 15) is 0 Å². The maximum absolute atomic E-state index is 6.03. The highest BCUT2D eigenvalue weighted by atomic mass is 35.5. The number of benzene rings is 1. The molecule has 25 heavy (non-hydrogen) atoms. The molecule has 0 saturated carbocycles. The van der Waals surface area contributed by atoms with Crippen LogP contribution in [0.25, 0.3) is 0 Å². The number of aliphatic imine (C=N–C) groups is 1. The lowest BCUT2D eigenvalue weighted by Crippen LogP contribution is -2.44. The van der Waals surface area contributed by atoms with Crippen LogP contribution < -0.4 is 10.6 Å². The summed E-state index contributed by atoms with van der Waals surface area (Å²) in [6.07, 6.45) is 2.39. The Labute approximate surface area is 157 Å². The van der Waals surface area contributed by atoms with Gasteiger partial charge in [-0.15, -0.1) is 0 Å². The molecular formula is C19H32ClN5. The first-order chi connectivity index (χ1) is 12.2. The predicted octanol–water partition coefficient (Wildman–Crippen LogP) is 2.42. The summed E-state index contributed by atoms with van der Waals surface area (Å²) in [7, 11) is 2.20. The van der Waals surface area contributed by atoms with Gasteiger partial charge in [-0.05, 0) is 51.1 Å². The zero-order chi connectivity index (χ0) is 17.9. The van der Waals surface area contributed by atoms with Crippen molar-refractivity contribution in [2.24, 2.45) is 4.99 Å². The molecule has 0 amide bonds. The van der Waals surface area contributed by atoms with E-state index < -0.39 is 0 Å². The molecule has 0 aliphatic carbocycles. The van der Waals surface area contributed by atoms with Gasteiger partial charge in [0.05, 0.1) is 6.54 Å². The van der Waals surface area contributed by atoms with Crippen molar-refractivity contribution < 1.29 is 0 Å². The van der Waals surface area contributed by atoms with Crippen molar-refractivity contribution in [3.05, 3.63) is 34.9 Å². The van der Waals surface area contributed by atoms with Crippen LogP contribution in [0.1, 0.15) is 25.3 Å². The summed E-state index contributed by atoms with van der Waals surface area (Å²) in [4.78, 5) is 9.61. The highest BCUT2D eigenvalue weighted by Gasteiger charge is 2.12. The van der Waals surface area contributed by atoms with Gasteiger partial charge in [0.25, 0.3) is 0 Å². The maximum atomic E-state index is 6.03. The predicted molar refractivity (Wildman–Crippen MR) is 107 cm³/mol. The van der Waals surface area contributed by atoms with Gasteiger partial charge in [-0.1, -0.05) is 23.7 Å². The molecule has 0 unspecified atom stereocenters. The third-order valence-corrected chi connectivity index (χ3v) is 4.68. The minimum atomic E-state index is 0.636. The van der Waals surface area contributed by atoms with E-state index >= 15 is 0 Å². The number of rotatable bonds is 8. The number of hydrogen-bond acceptors (Lipinski definition) is 3. The van der Waals surface area contributed by atoms with Gasteiger partial charge < -0.3 is 20.4 Å². The van der Waals surface area contributed by atoms with Crippen LogP contribution in [0.15, 0.2) is 29.3 Å². The van der Waals surface area contributed by atoms with Crippen LogP contribution in [0.2, 0.25) is 5.02 Å². The van der Waals surface area contributed by atoms with Crippen molar-refractivity contribution in [3.63, 3.8) is 0 Å². The van der Waals surface area contributed by atoms with E-state index in [1.54, 1.807) is 0 Å². The van der Waals surface area contributed by atoms with Crippen LogP contribution in [-0.2, 0) is 6.54 Å². The lowest BCUT2D eigenvalue weighted by molar-refractivity contribution is 0.152. The van der Waals surface area contributed by atoms with E-state index in [2.05, 4.69) is 45.5 Å². The highest BCUT2D eigenvalue weighted by molar-refractivity contribution is 6.30. The quantitative estimate of drug-likeness (QED) is 0.422. The standard InChI is InChI=1S/C19H32ClN5/c1-3-21-19(23-16-17-7-6-8-18(20)15-17)22-9-4-5-10-25-13-11-24(2)12-14-25/h6-8,15H,3-5,9-14,16H2,1-2H3,(H2,21,22,23). The molecule has 5 nitrogen and oxygen atoms in total. The summed E-state index contributed by atoms with van der Waals surface area (Å²) < 4.78 is 0. The second-order valence-electron chi connectivity index (χ2n) is 6.60. The van der Waals surface area contributed by atoms with E-state index in [0.29, 0.717) is 6.54 Å². The van der Waals surface area contributed by atoms with Crippen molar-refractivity contribution in [1.29, 1.82) is 0 Å². The van der Waals surface area contributed by atoms with Crippen LogP contribution in [0.4, 0.5) is 0 Å². The smallest absolute Gasteiger partial charge is 0.191 e. The molecule has 140 valence electrons. The Morgan fingerprint density at radius 1 is 1.16 bits per heavy atom. The topological polar surface area (TPSA) is 42.9 Å². The molecule has 1 saturated heterocycles. The summed E-state index contributed by atoms with van der Waals surface area (Å²) in [5.74, 6) is 0.877. The molecule has 2 rings (SSSR count). The average molecular weight is 366 g/mol. The van der Waals surface area contributed by atoms with Crippen LogP contribution >= 0.6 is 11.6 Å². The third-order valence-electron chi connectivity index (χ3n) is 4.44. The zero-order valence-corrected chi connectivity index (χ0v) is 16.4. The molecule has 2 N–H and O–H groups in total. The minimum absolute atomic E-state index is 0.636. The van der Waals surface area contributed by atoms with E-state index in [-0.39, 0.29) is 0 Å². The number of guanidine groups is 1. The second-order valence-corrected chi connectivity index (χ2v) is 7.04. The number of hydrogen-bond donors (Lipinski definition) is 2. The maximum Gasteiger partial charge on any atom is 0.191 e. The van der Waals surface area contributed by atoms with Gasteiger partial charge in [0.1, 0.15) is 0 Å². The summed E-state index contributed by atoms with van der Waals surface area (Å²) in [5, 5.41) is 7.49. The van der Waals surface area contributed by atoms with Crippen molar-refractivity contribution in [1.82, 2.24) is 20.4 Å². The Bertz CT molecular complexity index is 526. The first-order valence-corrected chi connectivity index (χ1v) is 9.72. The molecule has 1 aliphatic rings. The van der Waals surface area contributed by atoms with Gasteiger partial charge in [0, 0.05) is 44.3 Å². The van der Waals surface area contributed by atoms with Crippen molar-refractivity contribution >= 4 is 17.6 Å². The summed E-state index contributed by atoms with van der Waals surface area (Å²) in [6.45, 7) is 10.5. The van der Waals surface area contributed by atoms with Gasteiger partial charge in [0.15, 0.2) is 5.96 Å². The number of nitrogens with one attached hydrogen (secondary N) is 2. The van der Waals surface area contributed by atoms with E-state index in [4.69, 9.17) is 11.6 Å². The molecule has 0 aromatic heterocycles. The average Bonchev–Trinajstić information content (AvgIpc) is 2.61. The molecule has 1 heterocycles. The summed E-state index contributed by atoms with van der Waals surface area (Å²) >= 11 is 6.03. The third kappa shape index (κ3) is 8.08. The summed E-state index contributed by atoms with van der Waals surface area (Å²) in [5.41, 5.74) is 1.12. The Balaban J connectivity index is 1.66. The van der Waals surface area contributed by atoms with Crippen molar-refractivity contribution in [3.8, 4) is 0 Å². The second kappa shape index (κ2) is 11.3. The van der Waals surface area contributed by atoms with Gasteiger partial charge in [-0.3, -0.25) is 0 Å². The first kappa shape index (κ1) is 20.0. The lowest BCUT2D eigenvalue weighted by Gasteiger charge is -2.32. The molecule has 1 aliphatic heterocycles. The number of halogens is 1. The molecule has 1 aromatic carbocycles. The van der Waals surface area contributed by atoms with Crippen LogP contribution in [0.5, 0.6) is 0 Å². The molecule has 0 radical (unpaired) electrons. The van der Waals surface area contributed by atoms with E-state index in [0.717, 1.165) is 36.1 Å². The monoisotopic (exact) mass is 365 g/mol. The van der Waals surface area contributed by atoms with Gasteiger partial charge in [-0.25, -0.2) is 4.99 Å². The SMILES string of the molecule is CCNC(=NCc1cccc(Cl)c1)NCCCCN1CCN(C)CC1. The molecule has 0 bridgehead atoms. The number of nitrogens with zero attached hydrogens (tertiary/aromatic N) is 3. The lowest BCUT2D eigenvalue weighted by atomic mass is 10.2. The largest absolute Gasteiger partial charge is 0.357 e. The molecular weight excluding hydrogens is 334 g/mol. The Morgan fingerprint density at radius 3 is 2.68 bits per heavy atom. The van der Waals surface area contributed by atoms with Gasteiger partial charge in [-0.2, -0.15) is 0 Å². The summed E-state index contributed by atoms with van der Waals surface area (Å²) in [6, 6.07) is 7.87. The highest BCUT2D eigenvalue weighted by Crippen LogP contribution is 2.11. The zero-order valence-electron chi connectivity index (χ0n) is 15.6. The normalized spacial score (nSPS) is 16.8. The van der Waals surface area contributed by atoms with Gasteiger partial charge >= 0.3 is 0 Å². The van der Waals surface area contributed by atoms with E-state index in [1.165, 1.54) is 39.1 Å². The van der Waals surface area contributed by atoms with Crippen LogP contribution in [0, 0.1) is 0 Å². The fourth-order valence-corrected chi connectivity index (χ4v) is 3.10. The number of likely N-dealkylation sites (N-methyl/N-ethyl adjacent to an activating group) is 1. The number of unbranched alkanes of at least 4 members (excludes halogenated alkanes) is 1. The molecule has 1 fully saturated rings. The van der Waals surface area contributed by atoms with Gasteiger partial charge in [0.2, 0.25) is 0 Å². The fourth-order valence-electron chi connectivity index (χ4n) is 2.89. The van der Waals surface area contributed by atoms with E-state index in [1.807, 2.05) is 18.2 Å². The Hall–Kier alpha value is -1.30. The molecule has 1 aromatic rings. The molecule has 0 atom stereocenters. The first-order valence-electron chi connectivity index (χ1n) is 9.35. The Morgan fingerprint density at radius 2 is 1.96 bits per heavy atom. The fraction of sp³-hybridized carbons (Fsp3) is 0.632.